The van der Waals surface area contributed by atoms with Crippen LogP contribution < -0.4 is 15.5 Å². The normalized spacial score (nSPS) is 12.0. The van der Waals surface area contributed by atoms with Gasteiger partial charge in [-0.15, -0.1) is 0 Å². The lowest BCUT2D eigenvalue weighted by atomic mass is 10.2. The van der Waals surface area contributed by atoms with Crippen LogP contribution in [0.5, 0.6) is 0 Å². The highest BCUT2D eigenvalue weighted by atomic mass is 32.2. The van der Waals surface area contributed by atoms with Crippen molar-refractivity contribution in [3.05, 3.63) is 65.7 Å². The number of benzene rings is 2. The van der Waals surface area contributed by atoms with Crippen LogP contribution in [0.3, 0.4) is 0 Å². The van der Waals surface area contributed by atoms with Gasteiger partial charge in [0.15, 0.2) is 0 Å². The first-order chi connectivity index (χ1) is 14.6. The molecule has 31 heavy (non-hydrogen) atoms. The summed E-state index contributed by atoms with van der Waals surface area (Å²) in [5.74, 6) is 0.951. The molecule has 0 radical (unpaired) electrons. The fourth-order valence-electron chi connectivity index (χ4n) is 2.73. The van der Waals surface area contributed by atoms with Crippen LogP contribution in [0.2, 0.25) is 0 Å². The smallest absolute Gasteiger partial charge is 0.408 e. The summed E-state index contributed by atoms with van der Waals surface area (Å²) in [6.45, 7) is 5.79. The van der Waals surface area contributed by atoms with Gasteiger partial charge >= 0.3 is 6.09 Å². The first kappa shape index (κ1) is 24.6. The maximum atomic E-state index is 12.8. The highest BCUT2D eigenvalue weighted by Crippen LogP contribution is 2.18. The Morgan fingerprint density at radius 2 is 1.65 bits per heavy atom. The molecule has 0 saturated heterocycles. The summed E-state index contributed by atoms with van der Waals surface area (Å²) in [6, 6.07) is 17.3. The number of ether oxygens (including phenoxy) is 1. The molecular formula is C24H33N3O3S. The van der Waals surface area contributed by atoms with Crippen LogP contribution in [0.15, 0.2) is 54.6 Å². The molecule has 168 valence electrons. The molecule has 6 nitrogen and oxygen atoms in total. The van der Waals surface area contributed by atoms with Gasteiger partial charge in [0.05, 0.1) is 0 Å². The van der Waals surface area contributed by atoms with Crippen molar-refractivity contribution in [3.8, 4) is 0 Å². The third kappa shape index (κ3) is 9.34. The van der Waals surface area contributed by atoms with Crippen LogP contribution in [0.1, 0.15) is 31.9 Å². The number of thioether (sulfide) groups is 1. The third-order valence-corrected chi connectivity index (χ3v) is 5.43. The van der Waals surface area contributed by atoms with Gasteiger partial charge in [-0.1, -0.05) is 42.5 Å². The lowest BCUT2D eigenvalue weighted by molar-refractivity contribution is -0.122. The van der Waals surface area contributed by atoms with Crippen LogP contribution in [0.25, 0.3) is 0 Å². The lowest BCUT2D eigenvalue weighted by Gasteiger charge is -2.23. The lowest BCUT2D eigenvalue weighted by Crippen LogP contribution is -2.49. The van der Waals surface area contributed by atoms with E-state index in [1.54, 1.807) is 32.5 Å². The SMILES string of the molecule is CN(C)c1ccc(CSC[C@H](NC(=O)OC(C)(C)C)C(=O)NCc2ccccc2)cc1. The maximum absolute atomic E-state index is 12.8. The second kappa shape index (κ2) is 11.6. The van der Waals surface area contributed by atoms with Crippen molar-refractivity contribution < 1.29 is 14.3 Å². The zero-order chi connectivity index (χ0) is 22.9. The summed E-state index contributed by atoms with van der Waals surface area (Å²) < 4.78 is 5.34. The molecular weight excluding hydrogens is 410 g/mol. The Morgan fingerprint density at radius 1 is 1.00 bits per heavy atom. The largest absolute Gasteiger partial charge is 0.444 e. The van der Waals surface area contributed by atoms with Crippen LogP contribution >= 0.6 is 11.8 Å². The molecule has 0 aliphatic heterocycles. The summed E-state index contributed by atoms with van der Waals surface area (Å²) >= 11 is 1.59. The minimum atomic E-state index is -0.690. The Morgan fingerprint density at radius 3 is 2.23 bits per heavy atom. The standard InChI is InChI=1S/C24H33N3O3S/c1-24(2,3)30-23(29)26-21(22(28)25-15-18-9-7-6-8-10-18)17-31-16-19-11-13-20(14-12-19)27(4)5/h6-14,21H,15-17H2,1-5H3,(H,25,28)(H,26,29)/t21-/m0/s1. The number of rotatable bonds is 9. The Hall–Kier alpha value is -2.67. The second-order valence-corrected chi connectivity index (χ2v) is 9.51. The Balaban J connectivity index is 1.95. The van der Waals surface area contributed by atoms with Crippen molar-refractivity contribution in [2.45, 2.75) is 44.7 Å². The molecule has 2 amide bonds. The minimum Gasteiger partial charge on any atom is -0.444 e. The van der Waals surface area contributed by atoms with Gasteiger partial charge in [-0.05, 0) is 44.0 Å². The molecule has 0 heterocycles. The maximum Gasteiger partial charge on any atom is 0.408 e. The number of alkyl carbamates (subject to hydrolysis) is 1. The number of amides is 2. The number of hydrogen-bond acceptors (Lipinski definition) is 5. The van der Waals surface area contributed by atoms with E-state index in [9.17, 15) is 9.59 Å². The molecule has 7 heteroatoms. The number of carbonyl (C=O) groups excluding carboxylic acids is 2. The first-order valence-corrected chi connectivity index (χ1v) is 11.4. The van der Waals surface area contributed by atoms with Crippen LogP contribution in [0, 0.1) is 0 Å². The average molecular weight is 444 g/mol. The quantitative estimate of drug-likeness (QED) is 0.608. The molecule has 0 spiro atoms. The fraction of sp³-hybridized carbons (Fsp3) is 0.417. The van der Waals surface area contributed by atoms with Crippen LogP contribution in [-0.4, -0.2) is 43.5 Å². The highest BCUT2D eigenvalue weighted by Gasteiger charge is 2.24. The summed E-state index contributed by atoms with van der Waals surface area (Å²) in [4.78, 5) is 27.1. The topological polar surface area (TPSA) is 70.7 Å². The summed E-state index contributed by atoms with van der Waals surface area (Å²) in [5.41, 5.74) is 2.67. The van der Waals surface area contributed by atoms with Crippen molar-refractivity contribution in [1.82, 2.24) is 10.6 Å². The molecule has 0 aliphatic carbocycles. The van der Waals surface area contributed by atoms with Gasteiger partial charge in [0.25, 0.3) is 0 Å². The molecule has 1 atom stereocenters. The van der Waals surface area contributed by atoms with E-state index in [0.29, 0.717) is 12.3 Å². The number of nitrogens with zero attached hydrogens (tertiary/aromatic N) is 1. The van der Waals surface area contributed by atoms with E-state index in [0.717, 1.165) is 22.6 Å². The summed E-state index contributed by atoms with van der Waals surface area (Å²) in [5, 5.41) is 5.63. The van der Waals surface area contributed by atoms with E-state index >= 15 is 0 Å². The van der Waals surface area contributed by atoms with Gasteiger partial charge in [0.1, 0.15) is 11.6 Å². The highest BCUT2D eigenvalue weighted by molar-refractivity contribution is 7.98. The molecule has 0 bridgehead atoms. The van der Waals surface area contributed by atoms with E-state index in [-0.39, 0.29) is 5.91 Å². The summed E-state index contributed by atoms with van der Waals surface area (Å²) in [7, 11) is 4.01. The number of hydrogen-bond donors (Lipinski definition) is 2. The molecule has 0 fully saturated rings. The zero-order valence-electron chi connectivity index (χ0n) is 19.0. The third-order valence-electron chi connectivity index (χ3n) is 4.32. The van der Waals surface area contributed by atoms with Crippen molar-refractivity contribution in [1.29, 1.82) is 0 Å². The molecule has 2 rings (SSSR count). The second-order valence-electron chi connectivity index (χ2n) is 8.48. The zero-order valence-corrected chi connectivity index (χ0v) is 19.8. The molecule has 2 N–H and O–H groups in total. The average Bonchev–Trinajstić information content (AvgIpc) is 2.71. The van der Waals surface area contributed by atoms with Crippen molar-refractivity contribution in [2.24, 2.45) is 0 Å². The summed E-state index contributed by atoms with van der Waals surface area (Å²) in [6.07, 6.45) is -0.594. The van der Waals surface area contributed by atoms with E-state index in [1.165, 1.54) is 0 Å². The van der Waals surface area contributed by atoms with Crippen molar-refractivity contribution >= 4 is 29.4 Å². The molecule has 0 unspecified atom stereocenters. The van der Waals surface area contributed by atoms with Gasteiger partial charge in [0, 0.05) is 37.8 Å². The number of anilines is 1. The van der Waals surface area contributed by atoms with Gasteiger partial charge in [-0.2, -0.15) is 11.8 Å². The molecule has 0 aliphatic rings. The van der Waals surface area contributed by atoms with Gasteiger partial charge < -0.3 is 20.3 Å². The van der Waals surface area contributed by atoms with E-state index < -0.39 is 17.7 Å². The van der Waals surface area contributed by atoms with Gasteiger partial charge in [0.2, 0.25) is 5.91 Å². The number of carbonyl (C=O) groups is 2. The molecule has 0 aromatic heterocycles. The van der Waals surface area contributed by atoms with Gasteiger partial charge in [-0.3, -0.25) is 4.79 Å². The minimum absolute atomic E-state index is 0.231. The van der Waals surface area contributed by atoms with E-state index in [1.807, 2.05) is 44.4 Å². The van der Waals surface area contributed by atoms with Crippen molar-refractivity contribution in [3.63, 3.8) is 0 Å². The molecule has 2 aromatic carbocycles. The van der Waals surface area contributed by atoms with E-state index in [4.69, 9.17) is 4.74 Å². The molecule has 2 aromatic rings. The Labute approximate surface area is 189 Å². The van der Waals surface area contributed by atoms with Crippen LogP contribution in [-0.2, 0) is 21.8 Å². The van der Waals surface area contributed by atoms with Crippen molar-refractivity contribution in [2.75, 3.05) is 24.7 Å². The Kier molecular flexibility index (Phi) is 9.24. The van der Waals surface area contributed by atoms with Crippen LogP contribution in [0.4, 0.5) is 10.5 Å². The van der Waals surface area contributed by atoms with Gasteiger partial charge in [-0.25, -0.2) is 4.79 Å². The Bertz CT molecular complexity index is 833. The first-order valence-electron chi connectivity index (χ1n) is 10.3. The molecule has 0 saturated carbocycles. The number of nitrogens with one attached hydrogen (secondary N) is 2. The van der Waals surface area contributed by atoms with E-state index in [2.05, 4.69) is 39.8 Å². The fourth-order valence-corrected chi connectivity index (χ4v) is 3.74. The monoisotopic (exact) mass is 443 g/mol. The predicted octanol–water partition coefficient (Wildman–Crippen LogP) is 4.20. The predicted molar refractivity (Wildman–Crippen MR) is 128 cm³/mol.